The predicted molar refractivity (Wildman–Crippen MR) is 388 cm³/mol. The van der Waals surface area contributed by atoms with Gasteiger partial charge in [0.1, 0.15) is 23.1 Å². The van der Waals surface area contributed by atoms with Crippen molar-refractivity contribution in [1.29, 1.82) is 5.03 Å². The van der Waals surface area contributed by atoms with Crippen molar-refractivity contribution < 1.29 is 33.1 Å². The van der Waals surface area contributed by atoms with Crippen LogP contribution in [0.4, 0.5) is 0 Å². The van der Waals surface area contributed by atoms with Gasteiger partial charge in [0, 0.05) is 28.2 Å². The fourth-order valence-electron chi connectivity index (χ4n) is 11.6. The fourth-order valence-corrected chi connectivity index (χ4v) is 12.8. The van der Waals surface area contributed by atoms with Crippen molar-refractivity contribution in [2.24, 2.45) is 0 Å². The molecular weight excluding hydrogens is 1130 g/mol. The minimum absolute atomic E-state index is 0.0219. The average Bonchev–Trinajstić information content (AvgIpc) is 3.00. The van der Waals surface area contributed by atoms with Crippen molar-refractivity contribution in [2.45, 2.75) is 425 Å². The highest BCUT2D eigenvalue weighted by molar-refractivity contribution is 7.71. The van der Waals surface area contributed by atoms with Gasteiger partial charge in [0.15, 0.2) is 0 Å². The molecule has 9 nitrogen and oxygen atoms in total. The number of carbonyl (C=O) groups excluding carboxylic acids is 3. The Hall–Kier alpha value is -0.286. The molecule has 0 aliphatic rings. The van der Waals surface area contributed by atoms with Crippen LogP contribution in [0.3, 0.4) is 0 Å². The Morgan fingerprint density at radius 3 is 0.965 bits per heavy atom. The molecule has 0 bridgehead atoms. The van der Waals surface area contributed by atoms with Gasteiger partial charge >= 0.3 is 5.97 Å². The van der Waals surface area contributed by atoms with E-state index < -0.39 is 46.6 Å². The molecule has 0 heterocycles. The van der Waals surface area contributed by atoms with Gasteiger partial charge in [-0.1, -0.05) is 330 Å². The first-order chi connectivity index (χ1) is 43.6. The summed E-state index contributed by atoms with van der Waals surface area (Å²) in [5, 5.41) is 16.7. The normalized spacial score (nSPS) is 15.2. The van der Waals surface area contributed by atoms with Gasteiger partial charge < -0.3 is 29.3 Å². The van der Waals surface area contributed by atoms with Gasteiger partial charge in [0.05, 0.1) is 48.8 Å². The topological polar surface area (TPSA) is 123 Å². The quantitative estimate of drug-likeness (QED) is 0.0240. The number of rotatable bonds is 70. The molecule has 0 saturated heterocycles. The Labute approximate surface area is 551 Å². The number of hydrogen-bond acceptors (Lipinski definition) is 7. The Morgan fingerprint density at radius 1 is 0.407 bits per heavy atom. The number of aliphatic hydroxyl groups is 1. The van der Waals surface area contributed by atoms with E-state index >= 15 is 0 Å². The summed E-state index contributed by atoms with van der Waals surface area (Å²) in [6.45, 7) is 11.4. The third-order valence-corrected chi connectivity index (χ3v) is 18.9. The van der Waals surface area contributed by atoms with Crippen LogP contribution in [0.5, 0.6) is 0 Å². The highest BCUT2D eigenvalue weighted by Crippen LogP contribution is 2.21. The number of nitrogens with one attached hydrogen (secondary N) is 2. The van der Waals surface area contributed by atoms with Gasteiger partial charge in [0.25, 0.3) is 0 Å². The molecule has 3 N–H and O–H groups in total. The third-order valence-electron chi connectivity index (χ3n) is 17.0. The highest BCUT2D eigenvalue weighted by Gasteiger charge is 2.23. The predicted octanol–water partition coefficient (Wildman–Crippen LogP) is 20.1. The van der Waals surface area contributed by atoms with Gasteiger partial charge in [-0.2, -0.15) is 0 Å². The first-order valence-electron chi connectivity index (χ1n) is 39.3. The first kappa shape index (κ1) is 80.0. The van der Waals surface area contributed by atoms with Crippen LogP contribution < -0.4 is 10.6 Å². The van der Waals surface area contributed by atoms with E-state index in [1.54, 1.807) is 0 Å². The van der Waals surface area contributed by atoms with Crippen LogP contribution in [-0.4, -0.2) is 97.3 Å². The second kappa shape index (κ2) is 72.1. The van der Waals surface area contributed by atoms with Crippen molar-refractivity contribution in [3.63, 3.8) is 0 Å². The van der Waals surface area contributed by atoms with Gasteiger partial charge in [-0.15, -0.1) is 17.5 Å². The SMILES string of the molecule is [2H][Si]([B])(OC[C@@H](CC(CCCCCCCCCC)OC(=O)CCCCCCCCCCCCCC)NC(=O)CCCCCCCCCCCCC)P[3H].[2H][Si]([B])(OC[C@@H](CC(O)CCCCCCCCCC)NC(=O)CCCCCCCCCCCCC)P[3H]. The van der Waals surface area contributed by atoms with Gasteiger partial charge in [0.2, 0.25) is 11.8 Å². The first-order valence-corrected chi connectivity index (χ1v) is 43.3. The molecule has 0 rings (SSSR count). The molecule has 86 heavy (non-hydrogen) atoms. The van der Waals surface area contributed by atoms with Crippen molar-refractivity contribution in [1.82, 2.24) is 10.6 Å². The van der Waals surface area contributed by atoms with Crippen LogP contribution in [-0.2, 0) is 28.0 Å². The molecule has 15 heteroatoms. The minimum atomic E-state index is -3.34. The van der Waals surface area contributed by atoms with E-state index in [0.717, 1.165) is 77.0 Å². The lowest BCUT2D eigenvalue weighted by Gasteiger charge is -2.26. The van der Waals surface area contributed by atoms with Crippen molar-refractivity contribution in [2.75, 3.05) is 13.2 Å². The Balaban J connectivity index is 0. The molecule has 0 saturated carbocycles. The molecule has 6 unspecified atom stereocenters. The van der Waals surface area contributed by atoms with E-state index in [9.17, 15) is 19.5 Å². The highest BCUT2D eigenvalue weighted by atomic mass is 31.3. The molecular formula is C71H146B2N2O7P2Si2. The van der Waals surface area contributed by atoms with Gasteiger partial charge in [-0.3, -0.25) is 14.4 Å². The maximum Gasteiger partial charge on any atom is 0.306 e. The molecule has 0 aliphatic carbocycles. The Bertz CT molecular complexity index is 1550. The molecule has 506 valence electrons. The summed E-state index contributed by atoms with van der Waals surface area (Å²) in [5.41, 5.74) is 0. The van der Waals surface area contributed by atoms with Crippen molar-refractivity contribution >= 4 is 67.1 Å². The number of esters is 1. The Morgan fingerprint density at radius 2 is 0.663 bits per heavy atom. The van der Waals surface area contributed by atoms with Crippen LogP contribution in [0.2, 0.25) is 0 Å². The zero-order valence-electron chi connectivity index (χ0n) is 61.6. The fraction of sp³-hybridized carbons (Fsp3) is 0.958. The summed E-state index contributed by atoms with van der Waals surface area (Å²) in [6, 6.07) is -0.757. The number of hydrogen-bond donors (Lipinski definition) is 3. The van der Waals surface area contributed by atoms with E-state index in [1.165, 1.54) is 250 Å². The lowest BCUT2D eigenvalue weighted by atomic mass is 10.0. The van der Waals surface area contributed by atoms with E-state index in [4.69, 9.17) is 33.5 Å². The van der Waals surface area contributed by atoms with Crippen molar-refractivity contribution in [3.8, 4) is 0 Å². The second-order valence-electron chi connectivity index (χ2n) is 25.9. The van der Waals surface area contributed by atoms with E-state index in [0.29, 0.717) is 38.5 Å². The van der Waals surface area contributed by atoms with E-state index in [1.807, 2.05) is 0 Å². The second-order valence-corrected chi connectivity index (χ2v) is 30.8. The van der Waals surface area contributed by atoms with Gasteiger partial charge in [-0.05, 0) is 44.9 Å². The monoisotopic (exact) mass is 1290 g/mol. The number of unbranched alkanes of at least 4 members (excludes halogenated alkanes) is 45. The summed E-state index contributed by atoms with van der Waals surface area (Å²) in [5.74, 6) is -0.193. The molecule has 0 spiro atoms. The molecule has 2 amide bonds. The number of amides is 2. The maximum absolute atomic E-state index is 13.1. The summed E-state index contributed by atoms with van der Waals surface area (Å²) in [7, 11) is 4.20. The maximum atomic E-state index is 13.1. The lowest BCUT2D eigenvalue weighted by molar-refractivity contribution is -0.150. The van der Waals surface area contributed by atoms with Crippen LogP contribution in [0.25, 0.3) is 0 Å². The largest absolute Gasteiger partial charge is 0.462 e. The van der Waals surface area contributed by atoms with Crippen LogP contribution in [0.15, 0.2) is 0 Å². The summed E-state index contributed by atoms with van der Waals surface area (Å²) >= 11 is 0. The van der Waals surface area contributed by atoms with Crippen LogP contribution in [0, 0.1) is 0 Å². The zero-order valence-corrected chi connectivity index (χ0v) is 61.6. The molecule has 4 radical (unpaired) electrons. The lowest BCUT2D eigenvalue weighted by Crippen LogP contribution is -2.42. The Kier molecular flexibility index (Phi) is 67.1. The summed E-state index contributed by atoms with van der Waals surface area (Å²) < 4.78 is 48.7. The number of ether oxygens (including phenoxy) is 1. The standard InChI is InChI=1S/C43H87BNO4PSi.C28H59BNO3PSi/c1-4-7-10-13-16-19-21-23-25-28-31-34-37-43(47)49-41(35-32-29-26-18-15-12-9-6-3)38-40(39-48-51(44)50)45-42(46)36-33-30-27-24-22-20-17-14-11-8-5-2;1-3-5-7-9-11-13-14-15-17-19-21-23-28(32)30-26(25-33-35(29)34)24-27(31)22-20-18-16-12-10-8-6-4-2/h40-41,51H,4-39,50H2,1-3H3,(H,45,46);26-27,31,35H,3-25,34H2,1-2H3,(H,30,32)/t40-,41?,51?;26-,27?,35?/m11/s1/i50T,51D;34T,35D/t40-,41?,50?,51?;26-,27?,34?,35?. The van der Waals surface area contributed by atoms with Crippen LogP contribution in [0.1, 0.15) is 401 Å². The summed E-state index contributed by atoms with van der Waals surface area (Å²) in [6.07, 6.45) is 64.7. The van der Waals surface area contributed by atoms with Crippen molar-refractivity contribution in [3.05, 3.63) is 0 Å². The molecule has 0 fully saturated rings. The summed E-state index contributed by atoms with van der Waals surface area (Å²) in [4.78, 5) is 38.7. The molecule has 0 aliphatic heterocycles. The van der Waals surface area contributed by atoms with Gasteiger partial charge in [-0.25, -0.2) is 0 Å². The number of carbonyl (C=O) groups is 3. The molecule has 8 atom stereocenters. The third kappa shape index (κ3) is 71.2. The molecule has 0 aromatic rings. The molecule has 0 aromatic heterocycles. The average molecular weight is 1290 g/mol. The smallest absolute Gasteiger partial charge is 0.306 e. The minimum Gasteiger partial charge on any atom is -0.462 e. The van der Waals surface area contributed by atoms with Crippen LogP contribution >= 0.6 is 17.5 Å². The zero-order chi connectivity index (χ0) is 66.7. The van der Waals surface area contributed by atoms with E-state index in [-0.39, 0.29) is 43.1 Å². The van der Waals surface area contributed by atoms with E-state index in [2.05, 4.69) is 45.3 Å². The number of aliphatic hydroxyl groups excluding tert-OH is 1. The molecule has 0 aromatic carbocycles.